The molecule has 6 heteroatoms. The second kappa shape index (κ2) is 5.41. The number of benzene rings is 1. The minimum atomic E-state index is -0.605. The lowest BCUT2D eigenvalue weighted by atomic mass is 10.3. The van der Waals surface area contributed by atoms with E-state index in [9.17, 15) is 9.18 Å². The summed E-state index contributed by atoms with van der Waals surface area (Å²) in [5, 5.41) is -0.361. The van der Waals surface area contributed by atoms with E-state index in [1.54, 1.807) is 13.8 Å². The number of hydrogen-bond acceptors (Lipinski definition) is 4. The van der Waals surface area contributed by atoms with Gasteiger partial charge < -0.3 is 10.5 Å². The van der Waals surface area contributed by atoms with Crippen molar-refractivity contribution in [3.05, 3.63) is 23.0 Å². The number of rotatable bonds is 2. The molecule has 0 aromatic heterocycles. The standard InChI is InChI=1S/C10H11ClFNO2S/c1-5(2)15-10(14)16-9-4-8(13)7(12)3-6(9)11/h3-5H,13H2,1-2H3. The summed E-state index contributed by atoms with van der Waals surface area (Å²) in [5.74, 6) is -0.605. The highest BCUT2D eigenvalue weighted by Crippen LogP contribution is 2.32. The SMILES string of the molecule is CC(C)OC(=O)Sc1cc(N)c(F)cc1Cl. The number of halogens is 2. The normalized spacial score (nSPS) is 10.6. The van der Waals surface area contributed by atoms with Gasteiger partial charge in [-0.05, 0) is 37.7 Å². The molecule has 0 aliphatic heterocycles. The summed E-state index contributed by atoms with van der Waals surface area (Å²) in [6.07, 6.45) is -0.212. The Balaban J connectivity index is 2.81. The van der Waals surface area contributed by atoms with Gasteiger partial charge in [0.15, 0.2) is 0 Å². The molecule has 0 bridgehead atoms. The van der Waals surface area contributed by atoms with Crippen LogP contribution in [0.2, 0.25) is 5.02 Å². The van der Waals surface area contributed by atoms with Gasteiger partial charge in [0.05, 0.1) is 16.8 Å². The van der Waals surface area contributed by atoms with Gasteiger partial charge in [-0.25, -0.2) is 9.18 Å². The van der Waals surface area contributed by atoms with E-state index in [1.165, 1.54) is 6.07 Å². The first-order valence-electron chi connectivity index (χ1n) is 4.53. The number of carbonyl (C=O) groups is 1. The third kappa shape index (κ3) is 3.57. The van der Waals surface area contributed by atoms with Crippen LogP contribution < -0.4 is 5.73 Å². The Morgan fingerprint density at radius 3 is 2.75 bits per heavy atom. The summed E-state index contributed by atoms with van der Waals surface area (Å²) in [6.45, 7) is 3.47. The molecule has 1 aromatic rings. The van der Waals surface area contributed by atoms with Crippen LogP contribution in [0.5, 0.6) is 0 Å². The molecule has 1 rings (SSSR count). The van der Waals surface area contributed by atoms with Crippen molar-refractivity contribution in [1.29, 1.82) is 0 Å². The molecule has 0 heterocycles. The zero-order valence-corrected chi connectivity index (χ0v) is 10.4. The highest BCUT2D eigenvalue weighted by molar-refractivity contribution is 8.13. The first-order chi connectivity index (χ1) is 7.40. The van der Waals surface area contributed by atoms with Crippen LogP contribution in [0.3, 0.4) is 0 Å². The number of hydrogen-bond donors (Lipinski definition) is 1. The molecule has 16 heavy (non-hydrogen) atoms. The smallest absolute Gasteiger partial charge is 0.372 e. The molecule has 88 valence electrons. The van der Waals surface area contributed by atoms with Crippen molar-refractivity contribution in [1.82, 2.24) is 0 Å². The zero-order valence-electron chi connectivity index (χ0n) is 8.79. The topological polar surface area (TPSA) is 52.3 Å². The molecule has 0 amide bonds. The molecule has 0 saturated carbocycles. The second-order valence-electron chi connectivity index (χ2n) is 3.32. The average Bonchev–Trinajstić information content (AvgIpc) is 2.12. The van der Waals surface area contributed by atoms with E-state index >= 15 is 0 Å². The first kappa shape index (κ1) is 13.1. The molecule has 0 aliphatic carbocycles. The van der Waals surface area contributed by atoms with Crippen molar-refractivity contribution >= 4 is 34.4 Å². The minimum absolute atomic E-state index is 0.0516. The monoisotopic (exact) mass is 263 g/mol. The van der Waals surface area contributed by atoms with E-state index in [2.05, 4.69) is 0 Å². The molecule has 0 radical (unpaired) electrons. The van der Waals surface area contributed by atoms with Gasteiger partial charge in [-0.1, -0.05) is 11.6 Å². The molecule has 1 aromatic carbocycles. The van der Waals surface area contributed by atoms with Gasteiger partial charge in [0, 0.05) is 4.90 Å². The molecule has 0 saturated heterocycles. The zero-order chi connectivity index (χ0) is 12.3. The van der Waals surface area contributed by atoms with Crippen molar-refractivity contribution < 1.29 is 13.9 Å². The summed E-state index contributed by atoms with van der Waals surface area (Å²) >= 11 is 6.54. The summed E-state index contributed by atoms with van der Waals surface area (Å²) in [6, 6.07) is 2.38. The van der Waals surface area contributed by atoms with Gasteiger partial charge >= 0.3 is 5.30 Å². The number of nitrogens with two attached hydrogens (primary N) is 1. The average molecular weight is 264 g/mol. The van der Waals surface area contributed by atoms with Gasteiger partial charge in [0.1, 0.15) is 5.82 Å². The summed E-state index contributed by atoms with van der Waals surface area (Å²) < 4.78 is 17.9. The van der Waals surface area contributed by atoms with Gasteiger partial charge in [-0.2, -0.15) is 0 Å². The number of thioether (sulfide) groups is 1. The maximum Gasteiger partial charge on any atom is 0.372 e. The molecule has 3 nitrogen and oxygen atoms in total. The number of carbonyl (C=O) groups excluding carboxylic acids is 1. The van der Waals surface area contributed by atoms with Crippen LogP contribution in [0.1, 0.15) is 13.8 Å². The third-order valence-electron chi connectivity index (χ3n) is 1.58. The van der Waals surface area contributed by atoms with Crippen LogP contribution >= 0.6 is 23.4 Å². The Morgan fingerprint density at radius 1 is 1.56 bits per heavy atom. The summed E-state index contributed by atoms with van der Waals surface area (Å²) in [7, 11) is 0. The van der Waals surface area contributed by atoms with Crippen LogP contribution in [0.15, 0.2) is 17.0 Å². The quantitative estimate of drug-likeness (QED) is 0.502. The van der Waals surface area contributed by atoms with E-state index < -0.39 is 11.1 Å². The Kier molecular flexibility index (Phi) is 4.44. The highest BCUT2D eigenvalue weighted by atomic mass is 35.5. The lowest BCUT2D eigenvalue weighted by Gasteiger charge is -2.08. The van der Waals surface area contributed by atoms with E-state index in [0.717, 1.165) is 17.8 Å². The number of nitrogen functional groups attached to an aromatic ring is 1. The van der Waals surface area contributed by atoms with E-state index in [4.69, 9.17) is 22.1 Å². The maximum atomic E-state index is 13.0. The fourth-order valence-corrected chi connectivity index (χ4v) is 1.96. The van der Waals surface area contributed by atoms with Crippen molar-refractivity contribution in [2.24, 2.45) is 0 Å². The van der Waals surface area contributed by atoms with Crippen LogP contribution in [-0.4, -0.2) is 11.4 Å². The molecular formula is C10H11ClFNO2S. The molecular weight excluding hydrogens is 253 g/mol. The van der Waals surface area contributed by atoms with Crippen LogP contribution in [0.25, 0.3) is 0 Å². The lowest BCUT2D eigenvalue weighted by Crippen LogP contribution is -2.06. The van der Waals surface area contributed by atoms with Crippen LogP contribution in [0, 0.1) is 5.82 Å². The van der Waals surface area contributed by atoms with E-state index in [0.29, 0.717) is 4.90 Å². The van der Waals surface area contributed by atoms with Crippen molar-refractivity contribution in [2.75, 3.05) is 5.73 Å². The molecule has 0 spiro atoms. The predicted octanol–water partition coefficient (Wildman–Crippen LogP) is 3.70. The van der Waals surface area contributed by atoms with Crippen LogP contribution in [-0.2, 0) is 4.74 Å². The summed E-state index contributed by atoms with van der Waals surface area (Å²) in [4.78, 5) is 11.7. The molecule has 2 N–H and O–H groups in total. The molecule has 0 aliphatic rings. The second-order valence-corrected chi connectivity index (χ2v) is 4.71. The van der Waals surface area contributed by atoms with Crippen molar-refractivity contribution in [2.45, 2.75) is 24.8 Å². The van der Waals surface area contributed by atoms with Gasteiger partial charge in [-0.15, -0.1) is 0 Å². The minimum Gasteiger partial charge on any atom is -0.455 e. The van der Waals surface area contributed by atoms with Crippen molar-refractivity contribution in [3.63, 3.8) is 0 Å². The molecule has 0 fully saturated rings. The van der Waals surface area contributed by atoms with Gasteiger partial charge in [-0.3, -0.25) is 0 Å². The van der Waals surface area contributed by atoms with Crippen LogP contribution in [0.4, 0.5) is 14.9 Å². The fourth-order valence-electron chi connectivity index (χ4n) is 0.929. The van der Waals surface area contributed by atoms with Crippen molar-refractivity contribution in [3.8, 4) is 0 Å². The Bertz CT molecular complexity index is 412. The Labute approximate surface area is 102 Å². The van der Waals surface area contributed by atoms with Gasteiger partial charge in [0.25, 0.3) is 0 Å². The fraction of sp³-hybridized carbons (Fsp3) is 0.300. The predicted molar refractivity (Wildman–Crippen MR) is 63.3 cm³/mol. The third-order valence-corrected chi connectivity index (χ3v) is 2.82. The first-order valence-corrected chi connectivity index (χ1v) is 5.72. The molecule has 0 unspecified atom stereocenters. The number of ether oxygens (including phenoxy) is 1. The van der Waals surface area contributed by atoms with E-state index in [-0.39, 0.29) is 16.8 Å². The maximum absolute atomic E-state index is 13.0. The summed E-state index contributed by atoms with van der Waals surface area (Å²) in [5.41, 5.74) is 5.32. The molecule has 0 atom stereocenters. The lowest BCUT2D eigenvalue weighted by molar-refractivity contribution is 0.143. The Hall–Kier alpha value is -0.940. The number of anilines is 1. The largest absolute Gasteiger partial charge is 0.455 e. The van der Waals surface area contributed by atoms with E-state index in [1.807, 2.05) is 0 Å². The highest BCUT2D eigenvalue weighted by Gasteiger charge is 2.13. The van der Waals surface area contributed by atoms with Gasteiger partial charge in [0.2, 0.25) is 0 Å². The Morgan fingerprint density at radius 2 is 2.19 bits per heavy atom.